The van der Waals surface area contributed by atoms with Gasteiger partial charge >= 0.3 is 0 Å². The average molecular weight is 376 g/mol. The van der Waals surface area contributed by atoms with Crippen LogP contribution in [-0.4, -0.2) is 55.5 Å². The van der Waals surface area contributed by atoms with Crippen molar-refractivity contribution < 1.29 is 18.0 Å². The van der Waals surface area contributed by atoms with Crippen LogP contribution in [0.2, 0.25) is 0 Å². The van der Waals surface area contributed by atoms with Gasteiger partial charge in [0.15, 0.2) is 5.78 Å². The number of hydrogen-bond donors (Lipinski definition) is 0. The molecule has 1 atom stereocenters. The van der Waals surface area contributed by atoms with E-state index in [1.54, 1.807) is 4.90 Å². The number of carbonyl (C=O) groups excluding carboxylic acids is 2. The summed E-state index contributed by atoms with van der Waals surface area (Å²) in [5, 5.41) is 0. The van der Waals surface area contributed by atoms with Gasteiger partial charge in [-0.2, -0.15) is 4.31 Å². The highest BCUT2D eigenvalue weighted by Gasteiger charge is 2.30. The van der Waals surface area contributed by atoms with Crippen LogP contribution in [0.25, 0.3) is 0 Å². The molecule has 3 rings (SSSR count). The lowest BCUT2D eigenvalue weighted by molar-refractivity contribution is -0.133. The van der Waals surface area contributed by atoms with Crippen LogP contribution in [0.4, 0.5) is 0 Å². The number of ketones is 1. The Morgan fingerprint density at radius 1 is 1.08 bits per heavy atom. The minimum absolute atomic E-state index is 0.0989. The fourth-order valence-corrected chi connectivity index (χ4v) is 4.83. The van der Waals surface area contributed by atoms with Gasteiger partial charge in [0.05, 0.1) is 4.90 Å². The van der Waals surface area contributed by atoms with Crippen molar-refractivity contribution in [3.8, 4) is 0 Å². The van der Waals surface area contributed by atoms with Gasteiger partial charge in [0.1, 0.15) is 0 Å². The number of rotatable bonds is 5. The van der Waals surface area contributed by atoms with Crippen LogP contribution >= 0.6 is 0 Å². The summed E-state index contributed by atoms with van der Waals surface area (Å²) < 4.78 is 26.9. The van der Waals surface area contributed by atoms with Crippen molar-refractivity contribution in [2.24, 2.45) is 5.92 Å². The van der Waals surface area contributed by atoms with Crippen LogP contribution in [-0.2, 0) is 14.8 Å². The molecule has 0 aromatic heterocycles. The Morgan fingerprint density at radius 2 is 1.73 bits per heavy atom. The number of carbonyl (C=O) groups is 2. The molecule has 0 bridgehead atoms. The zero-order chi connectivity index (χ0) is 18.7. The molecule has 0 N–H and O–H groups in total. The number of hydrogen-bond acceptors (Lipinski definition) is 4. The molecule has 2 aliphatic rings. The summed E-state index contributed by atoms with van der Waals surface area (Å²) in [4.78, 5) is 25.6. The second kappa shape index (κ2) is 7.72. The Kier molecular flexibility index (Phi) is 5.58. The maximum atomic E-state index is 12.8. The van der Waals surface area contributed by atoms with E-state index in [2.05, 4.69) is 12.2 Å². The zero-order valence-electron chi connectivity index (χ0n) is 14.9. The number of Topliss-reactive ketones (excluding diaryl/α,β-unsaturated/α-hetero) is 1. The van der Waals surface area contributed by atoms with Gasteiger partial charge in [-0.15, -0.1) is 0 Å². The first-order valence-corrected chi connectivity index (χ1v) is 10.4. The summed E-state index contributed by atoms with van der Waals surface area (Å²) in [5.74, 6) is 0.326. The molecule has 1 heterocycles. The first-order valence-electron chi connectivity index (χ1n) is 8.93. The summed E-state index contributed by atoms with van der Waals surface area (Å²) in [6.45, 7) is 2.87. The van der Waals surface area contributed by atoms with Crippen molar-refractivity contribution in [2.75, 3.05) is 26.2 Å². The molecule has 1 aliphatic carbocycles. The summed E-state index contributed by atoms with van der Waals surface area (Å²) in [6, 6.07) is 6.00. The third-order valence-corrected chi connectivity index (χ3v) is 6.95. The van der Waals surface area contributed by atoms with E-state index in [1.165, 1.54) is 35.5 Å². The van der Waals surface area contributed by atoms with Gasteiger partial charge in [-0.25, -0.2) is 8.42 Å². The summed E-state index contributed by atoms with van der Waals surface area (Å²) in [5.41, 5.74) is 0.486. The highest BCUT2D eigenvalue weighted by atomic mass is 32.2. The van der Waals surface area contributed by atoms with Gasteiger partial charge in [-0.3, -0.25) is 9.59 Å². The largest absolute Gasteiger partial charge is 0.340 e. The Labute approximate surface area is 154 Å². The molecule has 6 nitrogen and oxygen atoms in total. The highest BCUT2D eigenvalue weighted by Crippen LogP contribution is 2.23. The zero-order valence-corrected chi connectivity index (χ0v) is 15.7. The van der Waals surface area contributed by atoms with Crippen LogP contribution in [0.15, 0.2) is 41.3 Å². The van der Waals surface area contributed by atoms with E-state index in [0.29, 0.717) is 44.1 Å². The Bertz CT molecular complexity index is 806. The van der Waals surface area contributed by atoms with Crippen molar-refractivity contribution in [2.45, 2.75) is 31.1 Å². The first-order chi connectivity index (χ1) is 12.4. The molecule has 1 fully saturated rings. The number of sulfonamides is 1. The third-order valence-electron chi connectivity index (χ3n) is 5.04. The Hall–Kier alpha value is -1.99. The second-order valence-corrected chi connectivity index (χ2v) is 8.77. The molecule has 0 saturated carbocycles. The topological polar surface area (TPSA) is 74.8 Å². The number of allylic oxidation sites excluding steroid dienone is 2. The maximum absolute atomic E-state index is 12.8. The molecule has 1 aromatic rings. The summed E-state index contributed by atoms with van der Waals surface area (Å²) in [7, 11) is -3.60. The van der Waals surface area contributed by atoms with Crippen LogP contribution in [0.5, 0.6) is 0 Å². The van der Waals surface area contributed by atoms with Crippen molar-refractivity contribution in [1.82, 2.24) is 9.21 Å². The second-order valence-electron chi connectivity index (χ2n) is 6.84. The number of piperazine rings is 1. The molecule has 140 valence electrons. The van der Waals surface area contributed by atoms with Crippen LogP contribution in [0.1, 0.15) is 36.5 Å². The lowest BCUT2D eigenvalue weighted by atomic mass is 10.0. The predicted octanol–water partition coefficient (Wildman–Crippen LogP) is 2.08. The molecular formula is C19H24N2O4S. The standard InChI is InChI=1S/C19H24N2O4S/c1-15(22)17-6-8-18(9-7-17)26(24,25)21-12-10-20(11-13-21)19(23)14-16-4-2-3-5-16/h2,4,6-9,16H,3,5,10-14H2,1H3/t16-/m0/s1. The summed E-state index contributed by atoms with van der Waals surface area (Å²) >= 11 is 0. The molecule has 1 aliphatic heterocycles. The van der Waals surface area contributed by atoms with Crippen molar-refractivity contribution in [3.05, 3.63) is 42.0 Å². The van der Waals surface area contributed by atoms with E-state index >= 15 is 0 Å². The number of nitrogens with zero attached hydrogens (tertiary/aromatic N) is 2. The average Bonchev–Trinajstić information content (AvgIpc) is 3.15. The summed E-state index contributed by atoms with van der Waals surface area (Å²) in [6.07, 6.45) is 6.78. The fraction of sp³-hybridized carbons (Fsp3) is 0.474. The SMILES string of the molecule is CC(=O)c1ccc(S(=O)(=O)N2CCN(C(=O)C[C@H]3C=CCC3)CC2)cc1. The molecule has 7 heteroatoms. The molecule has 1 saturated heterocycles. The molecular weight excluding hydrogens is 352 g/mol. The minimum atomic E-state index is -3.60. The number of amides is 1. The Balaban J connectivity index is 1.60. The van der Waals surface area contributed by atoms with Gasteiger partial charge in [0.25, 0.3) is 0 Å². The lowest BCUT2D eigenvalue weighted by Crippen LogP contribution is -2.50. The van der Waals surface area contributed by atoms with Gasteiger partial charge in [-0.05, 0) is 37.8 Å². The van der Waals surface area contributed by atoms with E-state index in [0.717, 1.165) is 12.8 Å². The van der Waals surface area contributed by atoms with E-state index < -0.39 is 10.0 Å². The van der Waals surface area contributed by atoms with Gasteiger partial charge in [-0.1, -0.05) is 24.3 Å². The highest BCUT2D eigenvalue weighted by molar-refractivity contribution is 7.89. The fourth-order valence-electron chi connectivity index (χ4n) is 3.41. The van der Waals surface area contributed by atoms with Crippen LogP contribution in [0, 0.1) is 5.92 Å². The number of benzene rings is 1. The molecule has 0 unspecified atom stereocenters. The molecule has 0 radical (unpaired) electrons. The minimum Gasteiger partial charge on any atom is -0.340 e. The smallest absolute Gasteiger partial charge is 0.243 e. The Morgan fingerprint density at radius 3 is 2.27 bits per heavy atom. The van der Waals surface area contributed by atoms with Crippen molar-refractivity contribution in [1.29, 1.82) is 0 Å². The van der Waals surface area contributed by atoms with Crippen LogP contribution in [0.3, 0.4) is 0 Å². The van der Waals surface area contributed by atoms with Crippen molar-refractivity contribution >= 4 is 21.7 Å². The first kappa shape index (κ1) is 18.8. The van der Waals surface area contributed by atoms with Crippen LogP contribution < -0.4 is 0 Å². The third kappa shape index (κ3) is 4.04. The molecule has 0 spiro atoms. The van der Waals surface area contributed by atoms with E-state index in [-0.39, 0.29) is 16.6 Å². The molecule has 26 heavy (non-hydrogen) atoms. The normalized spacial score (nSPS) is 21.1. The predicted molar refractivity (Wildman–Crippen MR) is 98.3 cm³/mol. The van der Waals surface area contributed by atoms with Gasteiger partial charge < -0.3 is 4.90 Å². The maximum Gasteiger partial charge on any atom is 0.243 e. The molecule has 1 amide bonds. The van der Waals surface area contributed by atoms with E-state index in [9.17, 15) is 18.0 Å². The van der Waals surface area contributed by atoms with E-state index in [1.807, 2.05) is 0 Å². The molecule has 1 aromatic carbocycles. The van der Waals surface area contributed by atoms with E-state index in [4.69, 9.17) is 0 Å². The van der Waals surface area contributed by atoms with Gasteiger partial charge in [0, 0.05) is 38.2 Å². The lowest BCUT2D eigenvalue weighted by Gasteiger charge is -2.34. The van der Waals surface area contributed by atoms with Gasteiger partial charge in [0.2, 0.25) is 15.9 Å². The monoisotopic (exact) mass is 376 g/mol. The quantitative estimate of drug-likeness (QED) is 0.582. The van der Waals surface area contributed by atoms with Crippen molar-refractivity contribution in [3.63, 3.8) is 0 Å².